The molecule has 6 heteroatoms. The Morgan fingerprint density at radius 1 is 1.39 bits per heavy atom. The first-order valence-corrected chi connectivity index (χ1v) is 8.54. The van der Waals surface area contributed by atoms with Gasteiger partial charge in [-0.15, -0.1) is 0 Å². The summed E-state index contributed by atoms with van der Waals surface area (Å²) in [7, 11) is -3.40. The molecule has 4 nitrogen and oxygen atoms in total. The quantitative estimate of drug-likeness (QED) is 0.594. The highest BCUT2D eigenvalue weighted by molar-refractivity contribution is 7.99. The normalized spacial score (nSPS) is 11.7. The van der Waals surface area contributed by atoms with Crippen LogP contribution in [0.4, 0.5) is 5.69 Å². The van der Waals surface area contributed by atoms with Crippen molar-refractivity contribution in [1.82, 2.24) is 4.72 Å². The summed E-state index contributed by atoms with van der Waals surface area (Å²) in [5.41, 5.74) is 7.05. The number of hydrogen-bond acceptors (Lipinski definition) is 4. The Morgan fingerprint density at radius 3 is 2.72 bits per heavy atom. The maximum atomic E-state index is 12.0. The Kier molecular flexibility index (Phi) is 5.98. The molecule has 0 amide bonds. The van der Waals surface area contributed by atoms with Crippen molar-refractivity contribution in [3.63, 3.8) is 0 Å². The highest BCUT2D eigenvalue weighted by Gasteiger charge is 2.13. The average Bonchev–Trinajstić information content (AvgIpc) is 2.32. The van der Waals surface area contributed by atoms with Gasteiger partial charge >= 0.3 is 0 Å². The number of thioether (sulfide) groups is 1. The molecule has 0 saturated heterocycles. The highest BCUT2D eigenvalue weighted by Crippen LogP contribution is 2.16. The molecule has 0 heterocycles. The van der Waals surface area contributed by atoms with Gasteiger partial charge in [-0.2, -0.15) is 11.8 Å². The van der Waals surface area contributed by atoms with Crippen LogP contribution in [0, 0.1) is 6.92 Å². The van der Waals surface area contributed by atoms with Gasteiger partial charge in [0.05, 0.1) is 4.90 Å². The van der Waals surface area contributed by atoms with Crippen LogP contribution in [0.2, 0.25) is 0 Å². The van der Waals surface area contributed by atoms with Crippen LogP contribution in [0.5, 0.6) is 0 Å². The second-order valence-corrected chi connectivity index (χ2v) is 7.13. The van der Waals surface area contributed by atoms with E-state index in [4.69, 9.17) is 5.73 Å². The fourth-order valence-electron chi connectivity index (χ4n) is 1.42. The highest BCUT2D eigenvalue weighted by atomic mass is 32.2. The van der Waals surface area contributed by atoms with Crippen LogP contribution >= 0.6 is 11.8 Å². The minimum atomic E-state index is -3.40. The monoisotopic (exact) mass is 288 g/mol. The maximum Gasteiger partial charge on any atom is 0.240 e. The second-order valence-electron chi connectivity index (χ2n) is 3.97. The lowest BCUT2D eigenvalue weighted by Gasteiger charge is -2.08. The van der Waals surface area contributed by atoms with Crippen molar-refractivity contribution in [2.24, 2.45) is 0 Å². The maximum absolute atomic E-state index is 12.0. The van der Waals surface area contributed by atoms with Crippen molar-refractivity contribution >= 4 is 27.5 Å². The SMILES string of the molecule is CCSCCCNS(=O)(=O)c1ccc(N)c(C)c1. The number of nitrogen functional groups attached to an aromatic ring is 1. The summed E-state index contributed by atoms with van der Waals surface area (Å²) in [6.45, 7) is 4.36. The molecule has 0 unspecified atom stereocenters. The van der Waals surface area contributed by atoms with Crippen molar-refractivity contribution in [3.05, 3.63) is 23.8 Å². The third-order valence-corrected chi connectivity index (χ3v) is 4.96. The molecule has 102 valence electrons. The molecule has 3 N–H and O–H groups in total. The number of benzene rings is 1. The van der Waals surface area contributed by atoms with Gasteiger partial charge in [-0.05, 0) is 48.6 Å². The summed E-state index contributed by atoms with van der Waals surface area (Å²) in [6.07, 6.45) is 0.839. The number of hydrogen-bond donors (Lipinski definition) is 2. The molecule has 1 aromatic carbocycles. The number of nitrogens with two attached hydrogens (primary N) is 1. The topological polar surface area (TPSA) is 72.2 Å². The van der Waals surface area contributed by atoms with Crippen LogP contribution < -0.4 is 10.5 Å². The molecule has 0 spiro atoms. The molecule has 0 radical (unpaired) electrons. The van der Waals surface area contributed by atoms with Crippen LogP contribution in [0.1, 0.15) is 18.9 Å². The van der Waals surface area contributed by atoms with E-state index in [-0.39, 0.29) is 4.90 Å². The van der Waals surface area contributed by atoms with Gasteiger partial charge in [-0.3, -0.25) is 0 Å². The third-order valence-electron chi connectivity index (χ3n) is 2.51. The summed E-state index contributed by atoms with van der Waals surface area (Å²) in [5, 5.41) is 0. The molecular formula is C12H20N2O2S2. The van der Waals surface area contributed by atoms with E-state index in [1.165, 1.54) is 6.07 Å². The van der Waals surface area contributed by atoms with Gasteiger partial charge in [0.25, 0.3) is 0 Å². The van der Waals surface area contributed by atoms with Gasteiger partial charge < -0.3 is 5.73 Å². The van der Waals surface area contributed by atoms with Crippen LogP contribution in [0.3, 0.4) is 0 Å². The van der Waals surface area contributed by atoms with Gasteiger partial charge in [0.15, 0.2) is 0 Å². The Bertz CT molecular complexity index is 487. The number of rotatable bonds is 7. The number of sulfonamides is 1. The molecular weight excluding hydrogens is 268 g/mol. The molecule has 1 rings (SSSR count). The zero-order chi connectivity index (χ0) is 13.6. The predicted octanol–water partition coefficient (Wildman–Crippen LogP) is 2.00. The summed E-state index contributed by atoms with van der Waals surface area (Å²) in [4.78, 5) is 0.275. The van der Waals surface area contributed by atoms with E-state index in [0.29, 0.717) is 12.2 Å². The van der Waals surface area contributed by atoms with Crippen LogP contribution in [-0.2, 0) is 10.0 Å². The third kappa shape index (κ3) is 4.51. The van der Waals surface area contributed by atoms with Crippen LogP contribution in [-0.4, -0.2) is 26.5 Å². The van der Waals surface area contributed by atoms with Crippen molar-refractivity contribution in [1.29, 1.82) is 0 Å². The van der Waals surface area contributed by atoms with Gasteiger partial charge in [0, 0.05) is 12.2 Å². The van der Waals surface area contributed by atoms with E-state index in [9.17, 15) is 8.42 Å². The molecule has 0 aliphatic carbocycles. The van der Waals surface area contributed by atoms with Crippen molar-refractivity contribution in [3.8, 4) is 0 Å². The van der Waals surface area contributed by atoms with Crippen LogP contribution in [0.25, 0.3) is 0 Å². The van der Waals surface area contributed by atoms with Gasteiger partial charge in [-0.1, -0.05) is 6.92 Å². The van der Waals surface area contributed by atoms with E-state index in [2.05, 4.69) is 11.6 Å². The van der Waals surface area contributed by atoms with E-state index >= 15 is 0 Å². The van der Waals surface area contributed by atoms with E-state index in [0.717, 1.165) is 23.5 Å². The van der Waals surface area contributed by atoms with Crippen LogP contribution in [0.15, 0.2) is 23.1 Å². The van der Waals surface area contributed by atoms with E-state index in [1.807, 2.05) is 11.8 Å². The molecule has 1 aromatic rings. The predicted molar refractivity (Wildman–Crippen MR) is 78.4 cm³/mol. The van der Waals surface area contributed by atoms with Gasteiger partial charge in [0.2, 0.25) is 10.0 Å². The lowest BCUT2D eigenvalue weighted by Crippen LogP contribution is -2.25. The molecule has 0 bridgehead atoms. The molecule has 18 heavy (non-hydrogen) atoms. The summed E-state index contributed by atoms with van der Waals surface area (Å²) in [5.74, 6) is 2.03. The molecule has 0 aliphatic rings. The zero-order valence-electron chi connectivity index (χ0n) is 10.8. The molecule has 0 saturated carbocycles. The zero-order valence-corrected chi connectivity index (χ0v) is 12.4. The van der Waals surface area contributed by atoms with Gasteiger partial charge in [0.1, 0.15) is 0 Å². The lowest BCUT2D eigenvalue weighted by molar-refractivity contribution is 0.581. The number of nitrogens with one attached hydrogen (secondary N) is 1. The van der Waals surface area contributed by atoms with Gasteiger partial charge in [-0.25, -0.2) is 13.1 Å². The summed E-state index contributed by atoms with van der Waals surface area (Å²) >= 11 is 1.81. The Hall–Kier alpha value is -0.720. The second kappa shape index (κ2) is 7.01. The lowest BCUT2D eigenvalue weighted by atomic mass is 10.2. The first-order valence-electron chi connectivity index (χ1n) is 5.91. The fraction of sp³-hybridized carbons (Fsp3) is 0.500. The molecule has 0 aromatic heterocycles. The Balaban J connectivity index is 2.60. The fourth-order valence-corrected chi connectivity index (χ4v) is 3.22. The first kappa shape index (κ1) is 15.3. The summed E-state index contributed by atoms with van der Waals surface area (Å²) < 4.78 is 26.5. The Labute approximate surface area is 113 Å². The smallest absolute Gasteiger partial charge is 0.240 e. The van der Waals surface area contributed by atoms with Crippen molar-refractivity contribution in [2.45, 2.75) is 25.2 Å². The number of aryl methyl sites for hydroxylation is 1. The van der Waals surface area contributed by atoms with Crippen molar-refractivity contribution < 1.29 is 8.42 Å². The standard InChI is InChI=1S/C12H20N2O2S2/c1-3-17-8-4-7-14-18(15,16)11-5-6-12(13)10(2)9-11/h5-6,9,14H,3-4,7-8,13H2,1-2H3. The van der Waals surface area contributed by atoms with E-state index < -0.39 is 10.0 Å². The molecule has 0 aliphatic heterocycles. The average molecular weight is 288 g/mol. The minimum Gasteiger partial charge on any atom is -0.399 e. The number of anilines is 1. The minimum absolute atomic E-state index is 0.275. The van der Waals surface area contributed by atoms with Crippen molar-refractivity contribution in [2.75, 3.05) is 23.8 Å². The van der Waals surface area contributed by atoms with E-state index in [1.54, 1.807) is 19.1 Å². The largest absolute Gasteiger partial charge is 0.399 e. The summed E-state index contributed by atoms with van der Waals surface area (Å²) in [6, 6.07) is 4.75. The Morgan fingerprint density at radius 2 is 2.11 bits per heavy atom. The first-order chi connectivity index (χ1) is 8.47. The molecule has 0 fully saturated rings. The molecule has 0 atom stereocenters.